The first-order valence-electron chi connectivity index (χ1n) is 10.2. The molecule has 0 saturated carbocycles. The first kappa shape index (κ1) is 21.9. The van der Waals surface area contributed by atoms with Gasteiger partial charge in [0.2, 0.25) is 5.88 Å². The summed E-state index contributed by atoms with van der Waals surface area (Å²) in [7, 11) is 0. The van der Waals surface area contributed by atoms with Crippen LogP contribution in [0.5, 0.6) is 17.2 Å². The fourth-order valence-corrected chi connectivity index (χ4v) is 3.64. The van der Waals surface area contributed by atoms with Gasteiger partial charge in [0.25, 0.3) is 0 Å². The van der Waals surface area contributed by atoms with Gasteiger partial charge in [-0.2, -0.15) is 5.26 Å². The number of halogens is 1. The van der Waals surface area contributed by atoms with Crippen LogP contribution in [0.15, 0.2) is 72.1 Å². The molecule has 33 heavy (non-hydrogen) atoms. The fraction of sp³-hybridized carbons (Fsp3) is 0.154. The summed E-state index contributed by atoms with van der Waals surface area (Å²) >= 11 is 0. The highest BCUT2D eigenvalue weighted by Gasteiger charge is 2.32. The number of aryl methyl sites for hydroxylation is 2. The van der Waals surface area contributed by atoms with E-state index >= 15 is 0 Å². The van der Waals surface area contributed by atoms with Gasteiger partial charge >= 0.3 is 5.97 Å². The van der Waals surface area contributed by atoms with Crippen molar-refractivity contribution in [3.63, 3.8) is 0 Å². The molecule has 0 radical (unpaired) electrons. The number of fused-ring (bicyclic) bond motifs is 1. The Morgan fingerprint density at radius 2 is 1.82 bits per heavy atom. The quantitative estimate of drug-likeness (QED) is 0.455. The zero-order valence-corrected chi connectivity index (χ0v) is 18.1. The molecule has 6 nitrogen and oxygen atoms in total. The lowest BCUT2D eigenvalue weighted by Crippen LogP contribution is -2.22. The van der Waals surface area contributed by atoms with Crippen LogP contribution in [0.25, 0.3) is 0 Å². The molecule has 3 aromatic carbocycles. The Morgan fingerprint density at radius 3 is 2.55 bits per heavy atom. The number of ether oxygens (including phenoxy) is 3. The zero-order chi connectivity index (χ0) is 23.5. The van der Waals surface area contributed by atoms with E-state index in [9.17, 15) is 14.4 Å². The number of hydrogen-bond acceptors (Lipinski definition) is 6. The number of carbonyl (C=O) groups is 1. The van der Waals surface area contributed by atoms with Crippen LogP contribution in [-0.4, -0.2) is 12.6 Å². The van der Waals surface area contributed by atoms with Gasteiger partial charge < -0.3 is 19.9 Å². The summed E-state index contributed by atoms with van der Waals surface area (Å²) in [5.41, 5.74) is 9.08. The van der Waals surface area contributed by atoms with Gasteiger partial charge in [-0.1, -0.05) is 30.3 Å². The van der Waals surface area contributed by atoms with Gasteiger partial charge in [-0.25, -0.2) is 9.18 Å². The van der Waals surface area contributed by atoms with E-state index in [4.69, 9.17) is 19.9 Å². The van der Waals surface area contributed by atoms with Gasteiger partial charge in [0.05, 0.1) is 5.92 Å². The lowest BCUT2D eigenvalue weighted by molar-refractivity contribution is -0.136. The Labute approximate surface area is 190 Å². The van der Waals surface area contributed by atoms with E-state index in [1.807, 2.05) is 32.0 Å². The van der Waals surface area contributed by atoms with Crippen LogP contribution in [-0.2, 0) is 4.79 Å². The summed E-state index contributed by atoms with van der Waals surface area (Å²) in [4.78, 5) is 12.3. The number of nitrogens with zero attached hydrogens (tertiary/aromatic N) is 1. The zero-order valence-electron chi connectivity index (χ0n) is 18.1. The number of nitrogens with two attached hydrogens (primary N) is 1. The molecule has 3 aromatic rings. The van der Waals surface area contributed by atoms with Gasteiger partial charge in [-0.3, -0.25) is 0 Å². The van der Waals surface area contributed by atoms with Crippen molar-refractivity contribution in [1.82, 2.24) is 0 Å². The summed E-state index contributed by atoms with van der Waals surface area (Å²) in [5, 5.41) is 9.59. The normalized spacial score (nSPS) is 14.7. The molecule has 1 unspecified atom stereocenters. The minimum absolute atomic E-state index is 0.110. The molecule has 0 saturated heterocycles. The summed E-state index contributed by atoms with van der Waals surface area (Å²) < 4.78 is 31.0. The average molecular weight is 444 g/mol. The molecule has 1 heterocycles. The number of rotatable bonds is 5. The number of esters is 1. The third-order valence-corrected chi connectivity index (χ3v) is 5.47. The maximum absolute atomic E-state index is 14.5. The minimum atomic E-state index is -0.738. The number of carbonyl (C=O) groups excluding carboxylic acids is 1. The SMILES string of the molecule is Cc1ccc(OCC(=O)Oc2ccc3c(c2)OC(N)=C(C#N)C3c2ccccc2F)cc1C. The molecule has 1 atom stereocenters. The third kappa shape index (κ3) is 4.51. The van der Waals surface area contributed by atoms with E-state index in [1.54, 1.807) is 36.4 Å². The van der Waals surface area contributed by atoms with Gasteiger partial charge in [0, 0.05) is 17.2 Å². The molecule has 1 aliphatic rings. The average Bonchev–Trinajstić information content (AvgIpc) is 2.79. The lowest BCUT2D eigenvalue weighted by Gasteiger charge is -2.27. The molecule has 0 fully saturated rings. The van der Waals surface area contributed by atoms with Crippen molar-refractivity contribution < 1.29 is 23.4 Å². The Balaban J connectivity index is 1.54. The first-order chi connectivity index (χ1) is 15.9. The van der Waals surface area contributed by atoms with Crippen LogP contribution < -0.4 is 19.9 Å². The highest BCUT2D eigenvalue weighted by Crippen LogP contribution is 2.44. The number of nitriles is 1. The fourth-order valence-electron chi connectivity index (χ4n) is 3.64. The monoisotopic (exact) mass is 444 g/mol. The van der Waals surface area contributed by atoms with Crippen molar-refractivity contribution in [3.05, 3.63) is 100 Å². The molecular weight excluding hydrogens is 423 g/mol. The molecular formula is C26H21FN2O4. The smallest absolute Gasteiger partial charge is 0.349 e. The molecule has 0 amide bonds. The summed E-state index contributed by atoms with van der Waals surface area (Å²) in [6, 6.07) is 18.4. The third-order valence-electron chi connectivity index (χ3n) is 5.47. The summed E-state index contributed by atoms with van der Waals surface area (Å²) in [5.74, 6) is -0.870. The predicted molar refractivity (Wildman–Crippen MR) is 119 cm³/mol. The topological polar surface area (TPSA) is 94.6 Å². The van der Waals surface area contributed by atoms with Crippen LogP contribution in [0.4, 0.5) is 4.39 Å². The van der Waals surface area contributed by atoms with Crippen LogP contribution in [0.3, 0.4) is 0 Å². The van der Waals surface area contributed by atoms with E-state index in [-0.39, 0.29) is 29.6 Å². The molecule has 166 valence electrons. The van der Waals surface area contributed by atoms with Crippen LogP contribution >= 0.6 is 0 Å². The number of hydrogen-bond donors (Lipinski definition) is 1. The Hall–Kier alpha value is -4.31. The van der Waals surface area contributed by atoms with Crippen molar-refractivity contribution in [3.8, 4) is 23.3 Å². The van der Waals surface area contributed by atoms with Crippen molar-refractivity contribution in [1.29, 1.82) is 5.26 Å². The molecule has 2 N–H and O–H groups in total. The maximum atomic E-state index is 14.5. The molecule has 0 aliphatic carbocycles. The minimum Gasteiger partial charge on any atom is -0.482 e. The Morgan fingerprint density at radius 1 is 1.06 bits per heavy atom. The maximum Gasteiger partial charge on any atom is 0.349 e. The second-order valence-electron chi connectivity index (χ2n) is 7.65. The second kappa shape index (κ2) is 9.05. The van der Waals surface area contributed by atoms with Crippen molar-refractivity contribution in [2.45, 2.75) is 19.8 Å². The van der Waals surface area contributed by atoms with E-state index in [0.29, 0.717) is 16.9 Å². The standard InChI is InChI=1S/C26H21FN2O4/c1-15-7-8-17(11-16(15)2)31-14-24(30)32-18-9-10-20-23(12-18)33-26(29)21(13-28)25(20)19-5-3-4-6-22(19)27/h3-12,25H,14,29H2,1-2H3. The highest BCUT2D eigenvalue weighted by molar-refractivity contribution is 5.74. The largest absolute Gasteiger partial charge is 0.482 e. The molecule has 4 rings (SSSR count). The van der Waals surface area contributed by atoms with Crippen molar-refractivity contribution in [2.75, 3.05) is 6.61 Å². The highest BCUT2D eigenvalue weighted by atomic mass is 19.1. The van der Waals surface area contributed by atoms with Gasteiger partial charge in [-0.15, -0.1) is 0 Å². The molecule has 1 aliphatic heterocycles. The van der Waals surface area contributed by atoms with E-state index in [2.05, 4.69) is 0 Å². The second-order valence-corrected chi connectivity index (χ2v) is 7.65. The van der Waals surface area contributed by atoms with Crippen LogP contribution in [0.1, 0.15) is 28.2 Å². The first-order valence-corrected chi connectivity index (χ1v) is 10.2. The van der Waals surface area contributed by atoms with Crippen molar-refractivity contribution in [2.24, 2.45) is 5.73 Å². The van der Waals surface area contributed by atoms with Crippen molar-refractivity contribution >= 4 is 5.97 Å². The van der Waals surface area contributed by atoms with Gasteiger partial charge in [0.1, 0.15) is 34.7 Å². The van der Waals surface area contributed by atoms with Gasteiger partial charge in [0.15, 0.2) is 6.61 Å². The molecule has 0 spiro atoms. The molecule has 0 aromatic heterocycles. The lowest BCUT2D eigenvalue weighted by atomic mass is 9.83. The van der Waals surface area contributed by atoms with E-state index in [0.717, 1.165) is 11.1 Å². The van der Waals surface area contributed by atoms with Gasteiger partial charge in [-0.05, 0) is 49.2 Å². The number of allylic oxidation sites excluding steroid dienone is 1. The predicted octanol–water partition coefficient (Wildman–Crippen LogP) is 4.65. The Bertz CT molecular complexity index is 1310. The number of benzene rings is 3. The summed E-state index contributed by atoms with van der Waals surface area (Å²) in [6.45, 7) is 3.67. The molecule has 0 bridgehead atoms. The van der Waals surface area contributed by atoms with Crippen LogP contribution in [0.2, 0.25) is 0 Å². The van der Waals surface area contributed by atoms with E-state index < -0.39 is 17.7 Å². The Kier molecular flexibility index (Phi) is 6.01. The van der Waals surface area contributed by atoms with E-state index in [1.165, 1.54) is 12.1 Å². The molecule has 7 heteroatoms. The summed E-state index contributed by atoms with van der Waals surface area (Å²) in [6.07, 6.45) is 0. The van der Waals surface area contributed by atoms with Crippen LogP contribution in [0, 0.1) is 31.0 Å².